The molecule has 2 rings (SSSR count). The molecule has 1 spiro atoms. The molecule has 0 radical (unpaired) electrons. The van der Waals surface area contributed by atoms with E-state index in [9.17, 15) is 0 Å². The topological polar surface area (TPSA) is 24.1 Å². The highest BCUT2D eigenvalue weighted by Gasteiger charge is 2.35. The van der Waals surface area contributed by atoms with E-state index in [-0.39, 0.29) is 0 Å². The van der Waals surface area contributed by atoms with Gasteiger partial charge in [-0.2, -0.15) is 0 Å². The summed E-state index contributed by atoms with van der Waals surface area (Å²) >= 11 is 0. The summed E-state index contributed by atoms with van der Waals surface area (Å²) in [6.07, 6.45) is 6.85. The molecule has 0 atom stereocenters. The fraction of sp³-hybridized carbons (Fsp3) is 1.00. The maximum absolute atomic E-state index is 3.42. The quantitative estimate of drug-likeness (QED) is 0.758. The third kappa shape index (κ3) is 5.86. The van der Waals surface area contributed by atoms with E-state index in [2.05, 4.69) is 24.5 Å². The molecule has 0 aromatic carbocycles. The maximum Gasteiger partial charge on any atom is 0.00209 e. The molecule has 2 saturated heterocycles. The van der Waals surface area contributed by atoms with Gasteiger partial charge in [-0.1, -0.05) is 47.0 Å². The second-order valence-electron chi connectivity index (χ2n) is 4.71. The molecule has 0 amide bonds. The van der Waals surface area contributed by atoms with Gasteiger partial charge in [0.1, 0.15) is 0 Å². The van der Waals surface area contributed by atoms with Crippen LogP contribution in [-0.4, -0.2) is 26.2 Å². The van der Waals surface area contributed by atoms with Crippen LogP contribution in [0.5, 0.6) is 0 Å². The van der Waals surface area contributed by atoms with Gasteiger partial charge in [-0.3, -0.25) is 0 Å². The van der Waals surface area contributed by atoms with E-state index in [4.69, 9.17) is 0 Å². The summed E-state index contributed by atoms with van der Waals surface area (Å²) in [5.74, 6) is 0. The average molecular weight is 228 g/mol. The molecule has 0 unspecified atom stereocenters. The zero-order chi connectivity index (χ0) is 12.3. The lowest BCUT2D eigenvalue weighted by molar-refractivity contribution is 0.365. The van der Waals surface area contributed by atoms with Gasteiger partial charge < -0.3 is 10.6 Å². The van der Waals surface area contributed by atoms with Crippen LogP contribution in [0.25, 0.3) is 0 Å². The first kappa shape index (κ1) is 15.9. The Morgan fingerprint density at radius 3 is 1.50 bits per heavy atom. The van der Waals surface area contributed by atoms with E-state index >= 15 is 0 Å². The highest BCUT2D eigenvalue weighted by atomic mass is 15.0. The normalized spacial score (nSPS) is 21.0. The Morgan fingerprint density at radius 2 is 1.31 bits per heavy atom. The van der Waals surface area contributed by atoms with E-state index in [1.54, 1.807) is 0 Å². The van der Waals surface area contributed by atoms with E-state index in [0.717, 1.165) is 0 Å². The zero-order valence-electron chi connectivity index (χ0n) is 11.9. The predicted octanol–water partition coefficient (Wildman–Crippen LogP) is 3.18. The monoisotopic (exact) mass is 228 g/mol. The molecule has 2 heterocycles. The van der Waals surface area contributed by atoms with Crippen LogP contribution in [0.2, 0.25) is 0 Å². The summed E-state index contributed by atoms with van der Waals surface area (Å²) in [5, 5.41) is 6.83. The van der Waals surface area contributed by atoms with Crippen LogP contribution in [0.3, 0.4) is 0 Å². The van der Waals surface area contributed by atoms with Crippen LogP contribution in [0, 0.1) is 5.41 Å². The summed E-state index contributed by atoms with van der Waals surface area (Å²) in [7, 11) is 0. The fourth-order valence-corrected chi connectivity index (χ4v) is 2.31. The molecule has 2 aliphatic heterocycles. The first-order chi connectivity index (χ1) is 7.83. The molecule has 0 aromatic heterocycles. The second kappa shape index (κ2) is 10.1. The van der Waals surface area contributed by atoms with Crippen molar-refractivity contribution in [1.82, 2.24) is 10.6 Å². The minimum Gasteiger partial charge on any atom is -0.316 e. The number of nitrogens with one attached hydrogen (secondary N) is 2. The smallest absolute Gasteiger partial charge is 0.00209 e. The molecule has 0 bridgehead atoms. The Balaban J connectivity index is 0.000000280. The van der Waals surface area contributed by atoms with E-state index in [0.29, 0.717) is 5.41 Å². The van der Waals surface area contributed by atoms with Gasteiger partial charge >= 0.3 is 0 Å². The van der Waals surface area contributed by atoms with Crippen molar-refractivity contribution in [1.29, 1.82) is 0 Å². The molecule has 2 nitrogen and oxygen atoms in total. The Bertz CT molecular complexity index is 114. The molecule has 98 valence electrons. The number of rotatable bonds is 2. The van der Waals surface area contributed by atoms with Crippen molar-refractivity contribution >= 4 is 0 Å². The lowest BCUT2D eigenvalue weighted by Gasteiger charge is -2.18. The Labute approximate surface area is 103 Å². The number of hydrogen-bond donors (Lipinski definition) is 2. The first-order valence-corrected chi connectivity index (χ1v) is 7.24. The Kier molecular flexibility index (Phi) is 10.0. The number of hydrogen-bond acceptors (Lipinski definition) is 2. The first-order valence-electron chi connectivity index (χ1n) is 7.24. The van der Waals surface area contributed by atoms with Crippen molar-refractivity contribution in [3.05, 3.63) is 0 Å². The molecule has 2 aliphatic rings. The number of unbranched alkanes of at least 4 members (excludes halogenated alkanes) is 2. The van der Waals surface area contributed by atoms with Gasteiger partial charge in [0, 0.05) is 13.1 Å². The third-order valence-corrected chi connectivity index (χ3v) is 3.37. The van der Waals surface area contributed by atoms with Crippen LogP contribution < -0.4 is 10.6 Å². The van der Waals surface area contributed by atoms with E-state index in [1.165, 1.54) is 58.3 Å². The lowest BCUT2D eigenvalue weighted by Crippen LogP contribution is -2.26. The minimum absolute atomic E-state index is 0.667. The molecule has 2 heteroatoms. The summed E-state index contributed by atoms with van der Waals surface area (Å²) in [6, 6.07) is 0. The van der Waals surface area contributed by atoms with Gasteiger partial charge in [-0.05, 0) is 31.3 Å². The second-order valence-corrected chi connectivity index (χ2v) is 4.71. The van der Waals surface area contributed by atoms with Gasteiger partial charge in [-0.25, -0.2) is 0 Å². The third-order valence-electron chi connectivity index (χ3n) is 3.37. The van der Waals surface area contributed by atoms with Crippen LogP contribution in [0.15, 0.2) is 0 Å². The Hall–Kier alpha value is -0.0800. The van der Waals surface area contributed by atoms with Crippen molar-refractivity contribution in [3.63, 3.8) is 0 Å². The fourth-order valence-electron chi connectivity index (χ4n) is 2.31. The minimum atomic E-state index is 0.667. The van der Waals surface area contributed by atoms with Crippen molar-refractivity contribution in [2.45, 2.75) is 59.8 Å². The predicted molar refractivity (Wildman–Crippen MR) is 74.0 cm³/mol. The van der Waals surface area contributed by atoms with Crippen molar-refractivity contribution in [3.8, 4) is 0 Å². The molecular weight excluding hydrogens is 196 g/mol. The molecule has 0 aromatic rings. The van der Waals surface area contributed by atoms with Gasteiger partial charge in [0.05, 0.1) is 0 Å². The summed E-state index contributed by atoms with van der Waals surface area (Å²) in [6.45, 7) is 13.4. The maximum atomic E-state index is 3.42. The largest absolute Gasteiger partial charge is 0.316 e. The molecule has 16 heavy (non-hydrogen) atoms. The zero-order valence-corrected chi connectivity index (χ0v) is 11.9. The van der Waals surface area contributed by atoms with Gasteiger partial charge in [-0.15, -0.1) is 0 Å². The van der Waals surface area contributed by atoms with E-state index in [1.807, 2.05) is 13.8 Å². The highest BCUT2D eigenvalue weighted by molar-refractivity contribution is 4.93. The van der Waals surface area contributed by atoms with Crippen LogP contribution >= 0.6 is 0 Å². The van der Waals surface area contributed by atoms with Crippen molar-refractivity contribution < 1.29 is 0 Å². The SMILES string of the molecule is C1CC2(CCNC2)CN1.CC.CCCCC. The summed E-state index contributed by atoms with van der Waals surface area (Å²) < 4.78 is 0. The molecule has 2 N–H and O–H groups in total. The van der Waals surface area contributed by atoms with Crippen LogP contribution in [0.4, 0.5) is 0 Å². The van der Waals surface area contributed by atoms with Gasteiger partial charge in [0.2, 0.25) is 0 Å². The van der Waals surface area contributed by atoms with Gasteiger partial charge in [0.15, 0.2) is 0 Å². The Morgan fingerprint density at radius 1 is 0.875 bits per heavy atom. The molecule has 0 aliphatic carbocycles. The molecule has 2 fully saturated rings. The van der Waals surface area contributed by atoms with Crippen LogP contribution in [0.1, 0.15) is 59.8 Å². The molecular formula is C14H32N2. The highest BCUT2D eigenvalue weighted by Crippen LogP contribution is 2.31. The average Bonchev–Trinajstić information content (AvgIpc) is 2.97. The van der Waals surface area contributed by atoms with E-state index < -0.39 is 0 Å². The standard InChI is InChI=1S/C7H14N2.C5H12.C2H6/c1-3-8-5-7(1)2-4-9-6-7;1-3-5-4-2;1-2/h8-9H,1-6H2;3-5H2,1-2H3;1-2H3. The summed E-state index contributed by atoms with van der Waals surface area (Å²) in [4.78, 5) is 0. The summed E-state index contributed by atoms with van der Waals surface area (Å²) in [5.41, 5.74) is 0.667. The lowest BCUT2D eigenvalue weighted by atomic mass is 9.87. The van der Waals surface area contributed by atoms with Gasteiger partial charge in [0.25, 0.3) is 0 Å². The molecule has 0 saturated carbocycles. The van der Waals surface area contributed by atoms with Crippen molar-refractivity contribution in [2.24, 2.45) is 5.41 Å². The van der Waals surface area contributed by atoms with Crippen molar-refractivity contribution in [2.75, 3.05) is 26.2 Å². The van der Waals surface area contributed by atoms with Crippen LogP contribution in [-0.2, 0) is 0 Å².